The quantitative estimate of drug-likeness (QED) is 0.827. The number of β-amino-alcohol motifs (C(OH)–C–C–N with tert-alkyl or cyclic N) is 1. The molecule has 1 atom stereocenters. The fourth-order valence-electron chi connectivity index (χ4n) is 2.68. The maximum Gasteiger partial charge on any atom is 0.0965 e. The van der Waals surface area contributed by atoms with Gasteiger partial charge in [0.2, 0.25) is 0 Å². The van der Waals surface area contributed by atoms with Crippen molar-refractivity contribution in [3.8, 4) is 0 Å². The minimum absolute atomic E-state index is 0.505. The van der Waals surface area contributed by atoms with E-state index in [2.05, 4.69) is 23.1 Å². The van der Waals surface area contributed by atoms with Gasteiger partial charge >= 0.3 is 0 Å². The number of nitrogens with zero attached hydrogens (tertiary/aromatic N) is 1. The van der Waals surface area contributed by atoms with Crippen molar-refractivity contribution >= 4 is 11.4 Å². The summed E-state index contributed by atoms with van der Waals surface area (Å²) < 4.78 is 0. The monoisotopic (exact) mass is 254 g/mol. The van der Waals surface area contributed by atoms with Gasteiger partial charge in [0.15, 0.2) is 0 Å². The Labute approximate surface area is 113 Å². The summed E-state index contributed by atoms with van der Waals surface area (Å²) in [6.45, 7) is 1.58. The van der Waals surface area contributed by atoms with Crippen LogP contribution in [0.5, 0.6) is 0 Å². The first-order valence-electron chi connectivity index (χ1n) is 6.60. The summed E-state index contributed by atoms with van der Waals surface area (Å²) in [4.78, 5) is 2.24. The third-order valence-corrected chi connectivity index (χ3v) is 3.67. The minimum atomic E-state index is -0.505. The topological polar surface area (TPSA) is 49.5 Å². The van der Waals surface area contributed by atoms with Gasteiger partial charge in [-0.15, -0.1) is 0 Å². The summed E-state index contributed by atoms with van der Waals surface area (Å²) in [6.07, 6.45) is 0.550. The largest absolute Gasteiger partial charge is 0.399 e. The second-order valence-electron chi connectivity index (χ2n) is 5.01. The lowest BCUT2D eigenvalue weighted by Gasteiger charge is -2.23. The van der Waals surface area contributed by atoms with Crippen LogP contribution in [0, 0.1) is 0 Å². The van der Waals surface area contributed by atoms with Gasteiger partial charge in [-0.1, -0.05) is 30.3 Å². The molecule has 0 aromatic heterocycles. The van der Waals surface area contributed by atoms with Gasteiger partial charge in [-0.05, 0) is 35.7 Å². The summed E-state index contributed by atoms with van der Waals surface area (Å²) in [5.74, 6) is 0. The van der Waals surface area contributed by atoms with Gasteiger partial charge in [-0.3, -0.25) is 0 Å². The Balaban J connectivity index is 1.76. The molecule has 0 amide bonds. The van der Waals surface area contributed by atoms with Gasteiger partial charge in [0.05, 0.1) is 6.10 Å². The summed E-state index contributed by atoms with van der Waals surface area (Å²) in [5.41, 5.74) is 9.93. The van der Waals surface area contributed by atoms with Crippen LogP contribution >= 0.6 is 0 Å². The smallest absolute Gasteiger partial charge is 0.0965 e. The van der Waals surface area contributed by atoms with Crippen LogP contribution in [0.15, 0.2) is 48.5 Å². The van der Waals surface area contributed by atoms with Crippen LogP contribution in [0.25, 0.3) is 0 Å². The highest BCUT2D eigenvalue weighted by atomic mass is 16.3. The lowest BCUT2D eigenvalue weighted by Crippen LogP contribution is -2.26. The Kier molecular flexibility index (Phi) is 3.13. The van der Waals surface area contributed by atoms with Gasteiger partial charge in [-0.2, -0.15) is 0 Å². The fraction of sp³-hybridized carbons (Fsp3) is 0.250. The van der Waals surface area contributed by atoms with E-state index in [0.717, 1.165) is 18.5 Å². The molecule has 0 spiro atoms. The summed E-state index contributed by atoms with van der Waals surface area (Å²) in [5, 5.41) is 10.3. The number of para-hydroxylation sites is 1. The first-order valence-corrected chi connectivity index (χ1v) is 6.60. The number of aliphatic hydroxyl groups excluding tert-OH is 1. The van der Waals surface area contributed by atoms with Gasteiger partial charge in [0.1, 0.15) is 0 Å². The van der Waals surface area contributed by atoms with Crippen LogP contribution < -0.4 is 10.6 Å². The third-order valence-electron chi connectivity index (χ3n) is 3.67. The SMILES string of the molecule is Nc1cccc(C(O)CN2CCc3ccccc32)c1. The van der Waals surface area contributed by atoms with Crippen molar-refractivity contribution in [3.05, 3.63) is 59.7 Å². The Bertz CT molecular complexity index is 582. The highest BCUT2D eigenvalue weighted by Gasteiger charge is 2.21. The molecule has 3 heteroatoms. The Morgan fingerprint density at radius 1 is 1.16 bits per heavy atom. The molecule has 98 valence electrons. The molecule has 19 heavy (non-hydrogen) atoms. The maximum absolute atomic E-state index is 10.3. The fourth-order valence-corrected chi connectivity index (χ4v) is 2.68. The Hall–Kier alpha value is -2.00. The zero-order valence-corrected chi connectivity index (χ0v) is 10.8. The second-order valence-corrected chi connectivity index (χ2v) is 5.01. The number of aliphatic hydroxyl groups is 1. The van der Waals surface area contributed by atoms with E-state index in [-0.39, 0.29) is 0 Å². The molecule has 2 aromatic rings. The number of nitrogens with two attached hydrogens (primary N) is 1. The summed E-state index contributed by atoms with van der Waals surface area (Å²) in [7, 11) is 0. The van der Waals surface area contributed by atoms with Gasteiger partial charge in [0, 0.05) is 24.5 Å². The number of hydrogen-bond donors (Lipinski definition) is 2. The molecule has 0 bridgehead atoms. The number of anilines is 2. The van der Waals surface area contributed by atoms with Crippen molar-refractivity contribution in [1.82, 2.24) is 0 Å². The molecule has 3 nitrogen and oxygen atoms in total. The van der Waals surface area contributed by atoms with Gasteiger partial charge in [-0.25, -0.2) is 0 Å². The predicted molar refractivity (Wildman–Crippen MR) is 78.2 cm³/mol. The van der Waals surface area contributed by atoms with E-state index in [9.17, 15) is 5.11 Å². The lowest BCUT2D eigenvalue weighted by molar-refractivity contribution is 0.184. The number of hydrogen-bond acceptors (Lipinski definition) is 3. The highest BCUT2D eigenvalue weighted by Crippen LogP contribution is 2.29. The lowest BCUT2D eigenvalue weighted by atomic mass is 10.1. The standard InChI is InChI=1S/C16H18N2O/c17-14-6-3-5-13(10-14)16(19)11-18-9-8-12-4-1-2-7-15(12)18/h1-7,10,16,19H,8-9,11,17H2. The van der Waals surface area contributed by atoms with Gasteiger partial charge < -0.3 is 15.7 Å². The third kappa shape index (κ3) is 2.42. The average molecular weight is 254 g/mol. The zero-order chi connectivity index (χ0) is 13.2. The Morgan fingerprint density at radius 2 is 2.00 bits per heavy atom. The highest BCUT2D eigenvalue weighted by molar-refractivity contribution is 5.58. The van der Waals surface area contributed by atoms with E-state index in [1.54, 1.807) is 0 Å². The molecule has 1 unspecified atom stereocenters. The van der Waals surface area contributed by atoms with Crippen LogP contribution in [-0.4, -0.2) is 18.2 Å². The van der Waals surface area contributed by atoms with Crippen LogP contribution in [0.1, 0.15) is 17.2 Å². The molecular weight excluding hydrogens is 236 g/mol. The average Bonchev–Trinajstić information content (AvgIpc) is 2.82. The first-order chi connectivity index (χ1) is 9.24. The second kappa shape index (κ2) is 4.94. The molecule has 0 aliphatic carbocycles. The van der Waals surface area contributed by atoms with Crippen molar-refractivity contribution in [2.45, 2.75) is 12.5 Å². The van der Waals surface area contributed by atoms with E-state index in [0.29, 0.717) is 12.2 Å². The van der Waals surface area contributed by atoms with E-state index >= 15 is 0 Å². The molecule has 2 aromatic carbocycles. The molecule has 0 radical (unpaired) electrons. The molecule has 1 heterocycles. The Morgan fingerprint density at radius 3 is 2.84 bits per heavy atom. The number of benzene rings is 2. The summed E-state index contributed by atoms with van der Waals surface area (Å²) >= 11 is 0. The van der Waals surface area contributed by atoms with Crippen molar-refractivity contribution in [2.75, 3.05) is 23.7 Å². The molecule has 0 saturated heterocycles. The van der Waals surface area contributed by atoms with E-state index < -0.39 is 6.10 Å². The molecule has 1 aliphatic rings. The van der Waals surface area contributed by atoms with Crippen molar-refractivity contribution in [3.63, 3.8) is 0 Å². The normalized spacial score (nSPS) is 15.3. The molecule has 1 aliphatic heterocycles. The zero-order valence-electron chi connectivity index (χ0n) is 10.8. The predicted octanol–water partition coefficient (Wildman–Crippen LogP) is 2.36. The van der Waals surface area contributed by atoms with Crippen LogP contribution in [0.3, 0.4) is 0 Å². The maximum atomic E-state index is 10.3. The minimum Gasteiger partial charge on any atom is -0.399 e. The molecular formula is C16H18N2O. The van der Waals surface area contributed by atoms with Crippen LogP contribution in [0.4, 0.5) is 11.4 Å². The number of rotatable bonds is 3. The number of fused-ring (bicyclic) bond motifs is 1. The van der Waals surface area contributed by atoms with Crippen LogP contribution in [-0.2, 0) is 6.42 Å². The van der Waals surface area contributed by atoms with Crippen molar-refractivity contribution < 1.29 is 5.11 Å². The molecule has 3 rings (SSSR count). The van der Waals surface area contributed by atoms with E-state index in [1.807, 2.05) is 30.3 Å². The van der Waals surface area contributed by atoms with Crippen molar-refractivity contribution in [1.29, 1.82) is 0 Å². The molecule has 3 N–H and O–H groups in total. The van der Waals surface area contributed by atoms with Crippen LogP contribution in [0.2, 0.25) is 0 Å². The molecule has 0 fully saturated rings. The number of nitrogen functional groups attached to an aromatic ring is 1. The summed E-state index contributed by atoms with van der Waals surface area (Å²) in [6, 6.07) is 15.9. The molecule has 0 saturated carbocycles. The van der Waals surface area contributed by atoms with E-state index in [4.69, 9.17) is 5.73 Å². The van der Waals surface area contributed by atoms with Gasteiger partial charge in [0.25, 0.3) is 0 Å². The first kappa shape index (κ1) is 12.1. The van der Waals surface area contributed by atoms with Crippen molar-refractivity contribution in [2.24, 2.45) is 0 Å². The van der Waals surface area contributed by atoms with E-state index in [1.165, 1.54) is 11.3 Å².